The van der Waals surface area contributed by atoms with Crippen molar-refractivity contribution >= 4 is 8.07 Å². The molecule has 0 heterocycles. The second kappa shape index (κ2) is 6.83. The predicted molar refractivity (Wildman–Crippen MR) is 77.7 cm³/mol. The normalized spacial score (nSPS) is 22.5. The van der Waals surface area contributed by atoms with Crippen molar-refractivity contribution < 1.29 is 0 Å². The van der Waals surface area contributed by atoms with Gasteiger partial charge >= 0.3 is 0 Å². The van der Waals surface area contributed by atoms with E-state index in [-0.39, 0.29) is 0 Å². The monoisotopic (exact) mass is 240 g/mol. The minimum absolute atomic E-state index is 0.801. The molecule has 0 radical (unpaired) electrons. The molecule has 1 heteroatoms. The summed E-state index contributed by atoms with van der Waals surface area (Å²) in [5.74, 6) is 2.29. The lowest BCUT2D eigenvalue weighted by Gasteiger charge is -2.34. The summed E-state index contributed by atoms with van der Waals surface area (Å²) in [6.45, 7) is 9.28. The van der Waals surface area contributed by atoms with E-state index in [9.17, 15) is 0 Å². The highest BCUT2D eigenvalue weighted by atomic mass is 28.3. The van der Waals surface area contributed by atoms with E-state index in [1.807, 2.05) is 13.8 Å². The molecule has 0 atom stereocenters. The number of rotatable bonds is 4. The van der Waals surface area contributed by atoms with Crippen LogP contribution in [0.25, 0.3) is 0 Å². The summed E-state index contributed by atoms with van der Waals surface area (Å²) in [5, 5.41) is 0. The average Bonchev–Trinajstić information content (AvgIpc) is 2.67. The standard InChI is InChI=1S/C13H26Si.C2H6/c1-14(2,11-13-8-5-9-13)10-12-6-3-4-7-12;1-2/h12-13H,3-11H2,1-2H3;1-2H3. The van der Waals surface area contributed by atoms with Crippen LogP contribution in [0, 0.1) is 11.8 Å². The zero-order valence-corrected chi connectivity index (χ0v) is 13.0. The molecule has 0 aromatic carbocycles. The van der Waals surface area contributed by atoms with Gasteiger partial charge in [0.2, 0.25) is 0 Å². The van der Waals surface area contributed by atoms with Crippen molar-refractivity contribution in [3.8, 4) is 0 Å². The first-order valence-electron chi connectivity index (χ1n) is 7.66. The topological polar surface area (TPSA) is 0 Å². The summed E-state index contributed by atoms with van der Waals surface area (Å²) >= 11 is 0. The molecule has 0 spiro atoms. The van der Waals surface area contributed by atoms with Gasteiger partial charge in [-0.15, -0.1) is 0 Å². The molecule has 0 unspecified atom stereocenters. The molecule has 0 aromatic rings. The lowest BCUT2D eigenvalue weighted by Crippen LogP contribution is -2.32. The third-order valence-electron chi connectivity index (χ3n) is 4.38. The van der Waals surface area contributed by atoms with E-state index < -0.39 is 8.07 Å². The molecule has 0 N–H and O–H groups in total. The molecule has 0 aromatic heterocycles. The van der Waals surface area contributed by atoms with Crippen LogP contribution in [0.15, 0.2) is 0 Å². The van der Waals surface area contributed by atoms with E-state index in [1.54, 1.807) is 37.8 Å². The van der Waals surface area contributed by atoms with Crippen molar-refractivity contribution in [3.63, 3.8) is 0 Å². The lowest BCUT2D eigenvalue weighted by atomic mass is 9.87. The molecule has 2 rings (SSSR count). The molecule has 2 saturated carbocycles. The van der Waals surface area contributed by atoms with Crippen molar-refractivity contribution in [2.45, 2.75) is 84.0 Å². The molecule has 96 valence electrons. The molecule has 0 nitrogen and oxygen atoms in total. The fourth-order valence-electron chi connectivity index (χ4n) is 3.56. The van der Waals surface area contributed by atoms with E-state index in [2.05, 4.69) is 13.1 Å². The second-order valence-corrected chi connectivity index (χ2v) is 11.7. The van der Waals surface area contributed by atoms with E-state index in [1.165, 1.54) is 19.3 Å². The van der Waals surface area contributed by atoms with Crippen molar-refractivity contribution in [2.75, 3.05) is 0 Å². The number of hydrogen-bond donors (Lipinski definition) is 0. The molecule has 0 bridgehead atoms. The first-order chi connectivity index (χ1) is 7.66. The minimum atomic E-state index is -0.801. The van der Waals surface area contributed by atoms with Crippen molar-refractivity contribution in [1.82, 2.24) is 0 Å². The van der Waals surface area contributed by atoms with Gasteiger partial charge in [-0.2, -0.15) is 0 Å². The maximum absolute atomic E-state index is 2.64. The highest BCUT2D eigenvalue weighted by Crippen LogP contribution is 2.39. The molecule has 2 fully saturated rings. The van der Waals surface area contributed by atoms with E-state index in [0.717, 1.165) is 11.8 Å². The Labute approximate surface area is 104 Å². The maximum Gasteiger partial charge on any atom is 0.0479 e. The van der Waals surface area contributed by atoms with E-state index >= 15 is 0 Å². The SMILES string of the molecule is CC.C[Si](C)(CC1CCCC1)CC1CCC1. The minimum Gasteiger partial charge on any atom is -0.0693 e. The molecule has 0 saturated heterocycles. The molecular formula is C15H32Si. The molecule has 16 heavy (non-hydrogen) atoms. The van der Waals surface area contributed by atoms with Gasteiger partial charge in [-0.1, -0.05) is 84.0 Å². The average molecular weight is 241 g/mol. The van der Waals surface area contributed by atoms with Crippen LogP contribution in [0.4, 0.5) is 0 Å². The zero-order chi connectivity index (χ0) is 12.0. The van der Waals surface area contributed by atoms with Gasteiger partial charge in [0.05, 0.1) is 0 Å². The summed E-state index contributed by atoms with van der Waals surface area (Å²) in [7, 11) is -0.801. The van der Waals surface area contributed by atoms with Gasteiger partial charge in [-0.3, -0.25) is 0 Å². The number of hydrogen-bond acceptors (Lipinski definition) is 0. The first-order valence-corrected chi connectivity index (χ1v) is 11.1. The van der Waals surface area contributed by atoms with Gasteiger partial charge in [0.1, 0.15) is 0 Å². The van der Waals surface area contributed by atoms with E-state index in [0.29, 0.717) is 0 Å². The molecule has 2 aliphatic rings. The Morgan fingerprint density at radius 1 is 0.750 bits per heavy atom. The van der Waals surface area contributed by atoms with Crippen LogP contribution in [-0.4, -0.2) is 8.07 Å². The fraction of sp³-hybridized carbons (Fsp3) is 1.00. The summed E-state index contributed by atoms with van der Waals surface area (Å²) in [6, 6.07) is 3.28. The summed E-state index contributed by atoms with van der Waals surface area (Å²) in [6.07, 6.45) is 10.8. The Morgan fingerprint density at radius 2 is 1.12 bits per heavy atom. The molecule has 2 aliphatic carbocycles. The molecular weight excluding hydrogens is 208 g/mol. The molecule has 0 aliphatic heterocycles. The van der Waals surface area contributed by atoms with Crippen LogP contribution in [0.3, 0.4) is 0 Å². The summed E-state index contributed by atoms with van der Waals surface area (Å²) in [5.41, 5.74) is 0. The lowest BCUT2D eigenvalue weighted by molar-refractivity contribution is 0.341. The van der Waals surface area contributed by atoms with Crippen molar-refractivity contribution in [1.29, 1.82) is 0 Å². The predicted octanol–water partition coefficient (Wildman–Crippen LogP) is 5.71. The quantitative estimate of drug-likeness (QED) is 0.552. The zero-order valence-electron chi connectivity index (χ0n) is 12.0. The van der Waals surface area contributed by atoms with Gasteiger partial charge in [0.15, 0.2) is 0 Å². The van der Waals surface area contributed by atoms with Gasteiger partial charge in [0, 0.05) is 8.07 Å². The van der Waals surface area contributed by atoms with Gasteiger partial charge in [0.25, 0.3) is 0 Å². The highest BCUT2D eigenvalue weighted by Gasteiger charge is 2.31. The largest absolute Gasteiger partial charge is 0.0693 e. The third-order valence-corrected chi connectivity index (χ3v) is 7.75. The Balaban J connectivity index is 0.000000606. The van der Waals surface area contributed by atoms with Crippen LogP contribution < -0.4 is 0 Å². The Morgan fingerprint density at radius 3 is 1.44 bits per heavy atom. The first kappa shape index (κ1) is 14.3. The Hall–Kier alpha value is 0.217. The van der Waals surface area contributed by atoms with E-state index in [4.69, 9.17) is 0 Å². The van der Waals surface area contributed by atoms with Crippen LogP contribution in [0.1, 0.15) is 58.8 Å². The van der Waals surface area contributed by atoms with Gasteiger partial charge < -0.3 is 0 Å². The summed E-state index contributed by atoms with van der Waals surface area (Å²) in [4.78, 5) is 0. The van der Waals surface area contributed by atoms with Crippen molar-refractivity contribution in [3.05, 3.63) is 0 Å². The maximum atomic E-state index is 2.64. The Bertz CT molecular complexity index is 176. The molecule has 0 amide bonds. The van der Waals surface area contributed by atoms with Crippen LogP contribution in [-0.2, 0) is 0 Å². The Kier molecular flexibility index (Phi) is 6.10. The van der Waals surface area contributed by atoms with Crippen LogP contribution in [0.2, 0.25) is 25.2 Å². The summed E-state index contributed by atoms with van der Waals surface area (Å²) < 4.78 is 0. The van der Waals surface area contributed by atoms with Crippen LogP contribution in [0.5, 0.6) is 0 Å². The smallest absolute Gasteiger partial charge is 0.0479 e. The third kappa shape index (κ3) is 4.61. The van der Waals surface area contributed by atoms with Gasteiger partial charge in [-0.25, -0.2) is 0 Å². The van der Waals surface area contributed by atoms with Gasteiger partial charge in [-0.05, 0) is 11.8 Å². The van der Waals surface area contributed by atoms with Crippen LogP contribution >= 0.6 is 0 Å². The van der Waals surface area contributed by atoms with Crippen molar-refractivity contribution in [2.24, 2.45) is 11.8 Å². The highest BCUT2D eigenvalue weighted by molar-refractivity contribution is 6.77. The fourth-order valence-corrected chi connectivity index (χ4v) is 7.67. The second-order valence-electron chi connectivity index (χ2n) is 6.52.